The van der Waals surface area contributed by atoms with Gasteiger partial charge in [0.2, 0.25) is 5.91 Å². The van der Waals surface area contributed by atoms with E-state index in [1.54, 1.807) is 30.0 Å². The fraction of sp³-hybridized carbons (Fsp3) is 0.529. The SMILES string of the molecule is CCOc1ccc(C(=O)C(C)N2CCCC2=O)cc1OCC. The molecule has 1 amide bonds. The number of likely N-dealkylation sites (tertiary alicyclic amines) is 1. The van der Waals surface area contributed by atoms with Gasteiger partial charge in [-0.1, -0.05) is 0 Å². The van der Waals surface area contributed by atoms with Crippen LogP contribution in [0.1, 0.15) is 44.0 Å². The summed E-state index contributed by atoms with van der Waals surface area (Å²) in [4.78, 5) is 26.1. The van der Waals surface area contributed by atoms with Gasteiger partial charge in [0, 0.05) is 18.5 Å². The molecular weight excluding hydrogens is 282 g/mol. The summed E-state index contributed by atoms with van der Waals surface area (Å²) in [5, 5.41) is 0. The Hall–Kier alpha value is -2.04. The van der Waals surface area contributed by atoms with Crippen LogP contribution in [0.4, 0.5) is 0 Å². The highest BCUT2D eigenvalue weighted by molar-refractivity contribution is 6.02. The summed E-state index contributed by atoms with van der Waals surface area (Å²) in [6.07, 6.45) is 1.36. The average Bonchev–Trinajstić information content (AvgIpc) is 2.94. The van der Waals surface area contributed by atoms with Gasteiger partial charge in [0.05, 0.1) is 19.3 Å². The van der Waals surface area contributed by atoms with Gasteiger partial charge in [0.15, 0.2) is 17.3 Å². The molecular formula is C17H23NO4. The molecule has 0 aliphatic carbocycles. The van der Waals surface area contributed by atoms with E-state index in [4.69, 9.17) is 9.47 Å². The highest BCUT2D eigenvalue weighted by Crippen LogP contribution is 2.29. The van der Waals surface area contributed by atoms with Crippen molar-refractivity contribution in [3.05, 3.63) is 23.8 Å². The lowest BCUT2D eigenvalue weighted by atomic mass is 10.0. The molecule has 22 heavy (non-hydrogen) atoms. The molecule has 1 fully saturated rings. The van der Waals surface area contributed by atoms with Gasteiger partial charge in [-0.2, -0.15) is 0 Å². The minimum Gasteiger partial charge on any atom is -0.490 e. The lowest BCUT2D eigenvalue weighted by molar-refractivity contribution is -0.128. The number of hydrogen-bond donors (Lipinski definition) is 0. The van der Waals surface area contributed by atoms with Crippen LogP contribution in [0.3, 0.4) is 0 Å². The van der Waals surface area contributed by atoms with E-state index in [1.165, 1.54) is 0 Å². The van der Waals surface area contributed by atoms with Crippen LogP contribution >= 0.6 is 0 Å². The van der Waals surface area contributed by atoms with Crippen molar-refractivity contribution < 1.29 is 19.1 Å². The molecule has 1 aromatic rings. The topological polar surface area (TPSA) is 55.8 Å². The van der Waals surface area contributed by atoms with Crippen LogP contribution in [-0.4, -0.2) is 42.4 Å². The van der Waals surface area contributed by atoms with Crippen LogP contribution in [0, 0.1) is 0 Å². The number of carbonyl (C=O) groups is 2. The number of Topliss-reactive ketones (excluding diaryl/α,β-unsaturated/α-hetero) is 1. The summed E-state index contributed by atoms with van der Waals surface area (Å²) in [5.74, 6) is 1.18. The van der Waals surface area contributed by atoms with E-state index in [9.17, 15) is 9.59 Å². The van der Waals surface area contributed by atoms with Crippen molar-refractivity contribution in [1.29, 1.82) is 0 Å². The van der Waals surface area contributed by atoms with E-state index < -0.39 is 6.04 Å². The second kappa shape index (κ2) is 7.29. The number of nitrogens with zero attached hydrogens (tertiary/aromatic N) is 1. The second-order valence-electron chi connectivity index (χ2n) is 5.26. The van der Waals surface area contributed by atoms with Crippen LogP contribution in [0.2, 0.25) is 0 Å². The fourth-order valence-electron chi connectivity index (χ4n) is 2.67. The van der Waals surface area contributed by atoms with Gasteiger partial charge in [0.25, 0.3) is 0 Å². The fourth-order valence-corrected chi connectivity index (χ4v) is 2.67. The molecule has 1 aliphatic rings. The number of benzene rings is 1. The maximum Gasteiger partial charge on any atom is 0.223 e. The Morgan fingerprint density at radius 1 is 1.23 bits per heavy atom. The third-order valence-corrected chi connectivity index (χ3v) is 3.78. The first-order chi connectivity index (χ1) is 10.6. The van der Waals surface area contributed by atoms with E-state index in [0.717, 1.165) is 6.42 Å². The molecule has 0 spiro atoms. The maximum absolute atomic E-state index is 12.6. The normalized spacial score (nSPS) is 15.8. The summed E-state index contributed by atoms with van der Waals surface area (Å²) < 4.78 is 11.0. The van der Waals surface area contributed by atoms with E-state index in [-0.39, 0.29) is 11.7 Å². The summed E-state index contributed by atoms with van der Waals surface area (Å²) in [5.41, 5.74) is 0.541. The Morgan fingerprint density at radius 2 is 1.91 bits per heavy atom. The first-order valence-corrected chi connectivity index (χ1v) is 7.81. The van der Waals surface area contributed by atoms with Crippen LogP contribution in [-0.2, 0) is 4.79 Å². The number of hydrogen-bond acceptors (Lipinski definition) is 4. The van der Waals surface area contributed by atoms with Crippen molar-refractivity contribution in [2.24, 2.45) is 0 Å². The molecule has 1 heterocycles. The van der Waals surface area contributed by atoms with Gasteiger partial charge in [-0.15, -0.1) is 0 Å². The molecule has 5 heteroatoms. The monoisotopic (exact) mass is 305 g/mol. The molecule has 0 aromatic heterocycles. The lowest BCUT2D eigenvalue weighted by Gasteiger charge is -2.23. The number of amides is 1. The van der Waals surface area contributed by atoms with Crippen LogP contribution in [0.25, 0.3) is 0 Å². The van der Waals surface area contributed by atoms with Crippen molar-refractivity contribution in [3.63, 3.8) is 0 Å². The predicted octanol–water partition coefficient (Wildman–Crippen LogP) is 2.68. The number of ether oxygens (including phenoxy) is 2. The highest BCUT2D eigenvalue weighted by atomic mass is 16.5. The van der Waals surface area contributed by atoms with Crippen molar-refractivity contribution in [3.8, 4) is 11.5 Å². The Labute approximate surface area is 131 Å². The second-order valence-corrected chi connectivity index (χ2v) is 5.26. The Kier molecular flexibility index (Phi) is 5.41. The molecule has 0 radical (unpaired) electrons. The smallest absolute Gasteiger partial charge is 0.223 e. The molecule has 2 rings (SSSR count). The molecule has 0 bridgehead atoms. The van der Waals surface area contributed by atoms with Gasteiger partial charge < -0.3 is 14.4 Å². The third kappa shape index (κ3) is 3.40. The third-order valence-electron chi connectivity index (χ3n) is 3.78. The van der Waals surface area contributed by atoms with Crippen LogP contribution < -0.4 is 9.47 Å². The Bertz CT molecular complexity index is 556. The van der Waals surface area contributed by atoms with Crippen LogP contribution in [0.5, 0.6) is 11.5 Å². The van der Waals surface area contributed by atoms with Crippen molar-refractivity contribution in [2.75, 3.05) is 19.8 Å². The van der Waals surface area contributed by atoms with Crippen LogP contribution in [0.15, 0.2) is 18.2 Å². The van der Waals surface area contributed by atoms with Gasteiger partial charge in [-0.3, -0.25) is 9.59 Å². The highest BCUT2D eigenvalue weighted by Gasteiger charge is 2.30. The number of ketones is 1. The minimum atomic E-state index is -0.442. The summed E-state index contributed by atoms with van der Waals surface area (Å²) in [6.45, 7) is 7.25. The van der Waals surface area contributed by atoms with E-state index in [1.807, 2.05) is 13.8 Å². The zero-order chi connectivity index (χ0) is 16.1. The average molecular weight is 305 g/mol. The van der Waals surface area contributed by atoms with Crippen molar-refractivity contribution in [1.82, 2.24) is 4.90 Å². The Morgan fingerprint density at radius 3 is 2.50 bits per heavy atom. The zero-order valence-corrected chi connectivity index (χ0v) is 13.4. The Balaban J connectivity index is 2.21. The quantitative estimate of drug-likeness (QED) is 0.727. The van der Waals surface area contributed by atoms with E-state index in [2.05, 4.69) is 0 Å². The van der Waals surface area contributed by atoms with Crippen molar-refractivity contribution in [2.45, 2.75) is 39.7 Å². The summed E-state index contributed by atoms with van der Waals surface area (Å²) >= 11 is 0. The zero-order valence-electron chi connectivity index (χ0n) is 13.4. The van der Waals surface area contributed by atoms with Gasteiger partial charge in [-0.05, 0) is 45.4 Å². The van der Waals surface area contributed by atoms with Gasteiger partial charge in [-0.25, -0.2) is 0 Å². The lowest BCUT2D eigenvalue weighted by Crippen LogP contribution is -2.39. The van der Waals surface area contributed by atoms with Gasteiger partial charge in [0.1, 0.15) is 0 Å². The number of rotatable bonds is 7. The van der Waals surface area contributed by atoms with Crippen molar-refractivity contribution >= 4 is 11.7 Å². The van der Waals surface area contributed by atoms with E-state index in [0.29, 0.717) is 43.2 Å². The first-order valence-electron chi connectivity index (χ1n) is 7.81. The molecule has 1 atom stereocenters. The van der Waals surface area contributed by atoms with Gasteiger partial charge >= 0.3 is 0 Å². The maximum atomic E-state index is 12.6. The molecule has 1 saturated heterocycles. The minimum absolute atomic E-state index is 0.0526. The molecule has 0 N–H and O–H groups in total. The van der Waals surface area contributed by atoms with E-state index >= 15 is 0 Å². The largest absolute Gasteiger partial charge is 0.490 e. The molecule has 1 aliphatic heterocycles. The molecule has 5 nitrogen and oxygen atoms in total. The summed E-state index contributed by atoms with van der Waals surface area (Å²) in [7, 11) is 0. The molecule has 1 unspecified atom stereocenters. The molecule has 0 saturated carbocycles. The number of carbonyl (C=O) groups excluding carboxylic acids is 2. The standard InChI is InChI=1S/C17H23NO4/c1-4-21-14-9-8-13(11-15(14)22-5-2)17(20)12(3)18-10-6-7-16(18)19/h8-9,11-12H,4-7,10H2,1-3H3. The summed E-state index contributed by atoms with van der Waals surface area (Å²) in [6, 6.07) is 4.74. The predicted molar refractivity (Wildman–Crippen MR) is 83.5 cm³/mol. The molecule has 120 valence electrons. The molecule has 1 aromatic carbocycles. The first kappa shape index (κ1) is 16.3.